The summed E-state index contributed by atoms with van der Waals surface area (Å²) in [6.45, 7) is 17.8. The molecule has 0 radical (unpaired) electrons. The number of isothiocyanates is 2. The molecule has 0 unspecified atom stereocenters. The van der Waals surface area contributed by atoms with E-state index in [-0.39, 0.29) is 5.33 Å². The van der Waals surface area contributed by atoms with E-state index in [4.69, 9.17) is 13.0 Å². The van der Waals surface area contributed by atoms with Gasteiger partial charge in [-0.2, -0.15) is 34.8 Å². The highest BCUT2D eigenvalue weighted by Gasteiger charge is 2.47. The molecule has 0 bridgehead atoms. The molecule has 0 amide bonds. The average molecular weight is 845 g/mol. The summed E-state index contributed by atoms with van der Waals surface area (Å²) in [5.41, 5.74) is -11.0. The van der Waals surface area contributed by atoms with Gasteiger partial charge in [-0.15, -0.1) is 0 Å². The van der Waals surface area contributed by atoms with Gasteiger partial charge in [0.1, 0.15) is 0 Å². The van der Waals surface area contributed by atoms with Crippen LogP contribution in [0, 0.1) is 0 Å². The van der Waals surface area contributed by atoms with E-state index in [1.165, 1.54) is 6.54 Å². The predicted molar refractivity (Wildman–Crippen MR) is 168 cm³/mol. The van der Waals surface area contributed by atoms with Crippen LogP contribution in [0.1, 0.15) is 34.1 Å². The number of hydrogen-bond acceptors (Lipinski definition) is 11. The number of quaternary nitrogens is 1. The monoisotopic (exact) mass is 842 g/mol. The molecule has 0 aliphatic carbocycles. The third kappa shape index (κ3) is 27.9. The van der Waals surface area contributed by atoms with Gasteiger partial charge in [-0.3, -0.25) is 4.18 Å². The van der Waals surface area contributed by atoms with Gasteiger partial charge in [-0.25, -0.2) is 18.4 Å². The molecule has 0 heterocycles. The van der Waals surface area contributed by atoms with Gasteiger partial charge in [-0.05, 0) is 64.3 Å². The van der Waals surface area contributed by atoms with E-state index in [0.29, 0.717) is 0 Å². The minimum absolute atomic E-state index is 0.0301. The summed E-state index contributed by atoms with van der Waals surface area (Å²) in [5.74, 6) is 0. The third-order valence-corrected chi connectivity index (χ3v) is 7.78. The SMILES string of the molecule is CCN(CC)CCCN=C=S.CC[N+](CC)(CCBr)CCN=C=S.O=S(=O)(OCCBr)C(F)(F)F.O=S(=O)([O-])C(F)(F)F. The maximum atomic E-state index is 11.4. The van der Waals surface area contributed by atoms with E-state index in [1.54, 1.807) is 0 Å². The Morgan fingerprint density at radius 1 is 0.837 bits per heavy atom. The van der Waals surface area contributed by atoms with Crippen LogP contribution in [0.2, 0.25) is 0 Å². The number of halogens is 8. The van der Waals surface area contributed by atoms with Crippen LogP contribution in [0.25, 0.3) is 0 Å². The molecule has 0 fully saturated rings. The summed E-state index contributed by atoms with van der Waals surface area (Å²) in [7, 11) is -11.5. The highest BCUT2D eigenvalue weighted by Crippen LogP contribution is 2.24. The van der Waals surface area contributed by atoms with Crippen molar-refractivity contribution >= 4 is 86.9 Å². The Morgan fingerprint density at radius 3 is 1.58 bits per heavy atom. The molecule has 258 valence electrons. The molecule has 0 aliphatic heterocycles. The first-order valence-corrected chi connectivity index (χ1v) is 18.3. The van der Waals surface area contributed by atoms with Crippen LogP contribution in [-0.2, 0) is 24.4 Å². The molecule has 10 nitrogen and oxygen atoms in total. The minimum Gasteiger partial charge on any atom is -0.741 e. The van der Waals surface area contributed by atoms with Crippen molar-refractivity contribution < 1.29 is 56.4 Å². The van der Waals surface area contributed by atoms with E-state index in [2.05, 4.69) is 113 Å². The van der Waals surface area contributed by atoms with Crippen molar-refractivity contribution in [2.24, 2.45) is 9.98 Å². The number of aliphatic imine (C=N–C) groups is 2. The smallest absolute Gasteiger partial charge is 0.523 e. The Hall–Kier alpha value is -0.120. The molecule has 0 saturated carbocycles. The number of rotatable bonds is 16. The van der Waals surface area contributed by atoms with Crippen LogP contribution in [0.5, 0.6) is 0 Å². The summed E-state index contributed by atoms with van der Waals surface area (Å²) in [4.78, 5) is 10.2. The van der Waals surface area contributed by atoms with Crippen molar-refractivity contribution in [3.05, 3.63) is 0 Å². The molecule has 0 aromatic carbocycles. The van der Waals surface area contributed by atoms with E-state index >= 15 is 0 Å². The number of alkyl halides is 8. The fourth-order valence-corrected chi connectivity index (χ4v) is 4.37. The predicted octanol–water partition coefficient (Wildman–Crippen LogP) is 5.46. The quantitative estimate of drug-likeness (QED) is 0.0229. The Kier molecular flexibility index (Phi) is 31.3. The molecule has 0 aromatic heterocycles. The first-order valence-electron chi connectivity index (χ1n) is 12.4. The maximum absolute atomic E-state index is 11.4. The van der Waals surface area contributed by atoms with Gasteiger partial charge >= 0.3 is 21.1 Å². The molecule has 22 heteroatoms. The molecular weight excluding hydrogens is 806 g/mol. The molecule has 0 spiro atoms. The molecule has 0 saturated heterocycles. The number of likely N-dealkylation sites (N-methyl/N-ethyl adjacent to an activating group) is 1. The summed E-state index contributed by atoms with van der Waals surface area (Å²) >= 11 is 15.2. The van der Waals surface area contributed by atoms with Crippen molar-refractivity contribution in [1.29, 1.82) is 0 Å². The van der Waals surface area contributed by atoms with Gasteiger partial charge in [0.25, 0.3) is 0 Å². The molecule has 0 atom stereocenters. The Balaban J connectivity index is -0.000000239. The summed E-state index contributed by atoms with van der Waals surface area (Å²) in [6, 6.07) is 0. The number of thiocarbonyl (C=S) groups is 2. The zero-order valence-corrected chi connectivity index (χ0v) is 30.5. The van der Waals surface area contributed by atoms with Crippen LogP contribution in [-0.4, -0.2) is 128 Å². The van der Waals surface area contributed by atoms with Crippen molar-refractivity contribution in [2.45, 2.75) is 45.1 Å². The van der Waals surface area contributed by atoms with Crippen LogP contribution in [0.15, 0.2) is 9.98 Å². The van der Waals surface area contributed by atoms with Crippen LogP contribution >= 0.6 is 56.3 Å². The molecular formula is C21H38Br2F6N4O6S4. The molecule has 0 N–H and O–H groups in total. The van der Waals surface area contributed by atoms with Crippen LogP contribution in [0.4, 0.5) is 26.3 Å². The fraction of sp³-hybridized carbons (Fsp3) is 0.905. The van der Waals surface area contributed by atoms with Crippen molar-refractivity contribution in [1.82, 2.24) is 4.90 Å². The zero-order valence-electron chi connectivity index (χ0n) is 24.1. The summed E-state index contributed by atoms with van der Waals surface area (Å²) < 4.78 is 118. The number of nitrogens with zero attached hydrogens (tertiary/aromatic N) is 4. The van der Waals surface area contributed by atoms with Gasteiger partial charge in [-0.1, -0.05) is 45.7 Å². The molecule has 43 heavy (non-hydrogen) atoms. The van der Waals surface area contributed by atoms with Gasteiger partial charge in [0, 0.05) is 5.33 Å². The highest BCUT2D eigenvalue weighted by atomic mass is 79.9. The van der Waals surface area contributed by atoms with Gasteiger partial charge in [0.2, 0.25) is 0 Å². The number of hydrogen-bond donors (Lipinski definition) is 0. The lowest BCUT2D eigenvalue weighted by Crippen LogP contribution is -2.50. The van der Waals surface area contributed by atoms with E-state index in [1.807, 2.05) is 0 Å². The van der Waals surface area contributed by atoms with Crippen LogP contribution in [0.3, 0.4) is 0 Å². The highest BCUT2D eigenvalue weighted by molar-refractivity contribution is 9.09. The Bertz CT molecular complexity index is 1020. The van der Waals surface area contributed by atoms with Crippen molar-refractivity contribution in [2.75, 3.05) is 76.2 Å². The second-order valence-corrected chi connectivity index (χ2v) is 12.7. The summed E-state index contributed by atoms with van der Waals surface area (Å²) in [5, 5.41) is 5.87. The van der Waals surface area contributed by atoms with Crippen molar-refractivity contribution in [3.63, 3.8) is 0 Å². The molecule has 0 aliphatic rings. The van der Waals surface area contributed by atoms with E-state index in [9.17, 15) is 34.8 Å². The molecule has 0 aromatic rings. The standard InChI is InChI=1S/C9H18BrN2S.C8H16N2S.C3H4BrF3O3S.CHF3O3S/c1-3-12(4-2,7-5-10)8-6-11-9-13;1-3-10(4-2)7-5-6-9-8-11;4-1-2-10-11(8,9)3(5,6)7;2-1(3,4)8(5,6)7/h3-8H2,1-2H3;3-7H2,1-2H3;1-2H2;(H,5,6,7)/q+1;;;/p-1. The van der Waals surface area contributed by atoms with E-state index < -0.39 is 37.9 Å². The molecule has 0 rings (SSSR count). The Morgan fingerprint density at radius 2 is 1.28 bits per heavy atom. The largest absolute Gasteiger partial charge is 0.741 e. The second kappa shape index (κ2) is 27.0. The summed E-state index contributed by atoms with van der Waals surface area (Å²) in [6.07, 6.45) is 1.09. The maximum Gasteiger partial charge on any atom is 0.523 e. The van der Waals surface area contributed by atoms with Gasteiger partial charge in [0.15, 0.2) is 10.1 Å². The lowest BCUT2D eigenvalue weighted by atomic mass is 10.3. The first kappa shape index (κ1) is 49.8. The van der Waals surface area contributed by atoms with Crippen molar-refractivity contribution in [3.8, 4) is 0 Å². The lowest BCUT2D eigenvalue weighted by molar-refractivity contribution is -0.921. The third-order valence-electron chi connectivity index (χ3n) is 5.24. The van der Waals surface area contributed by atoms with Gasteiger partial charge < -0.3 is 13.9 Å². The topological polar surface area (TPSA) is 129 Å². The average Bonchev–Trinajstić information content (AvgIpc) is 2.91. The Labute approximate surface area is 278 Å². The normalized spacial score (nSPS) is 11.9. The minimum atomic E-state index is -6.09. The zero-order chi connectivity index (χ0) is 34.8. The van der Waals surface area contributed by atoms with E-state index in [0.717, 1.165) is 68.6 Å². The van der Waals surface area contributed by atoms with Crippen LogP contribution < -0.4 is 0 Å². The first-order chi connectivity index (χ1) is 19.6. The van der Waals surface area contributed by atoms with Gasteiger partial charge in [0.05, 0.1) is 61.5 Å². The fourth-order valence-electron chi connectivity index (χ4n) is 2.62. The second-order valence-electron chi connectivity index (χ2n) is 7.75. The lowest BCUT2D eigenvalue weighted by Gasteiger charge is -2.35.